The molecule has 0 aliphatic rings. The van der Waals surface area contributed by atoms with Crippen LogP contribution in [0.15, 0.2) is 101 Å². The van der Waals surface area contributed by atoms with E-state index in [-0.39, 0.29) is 11.8 Å². The highest BCUT2D eigenvalue weighted by atomic mass is 32.2. The summed E-state index contributed by atoms with van der Waals surface area (Å²) in [6.45, 7) is 10.1. The maximum absolute atomic E-state index is 13.6. The summed E-state index contributed by atoms with van der Waals surface area (Å²) in [5.41, 5.74) is 3.89. The van der Waals surface area contributed by atoms with Gasteiger partial charge in [0.25, 0.3) is 5.91 Å². The molecule has 236 valence electrons. The molecule has 0 unspecified atom stereocenters. The van der Waals surface area contributed by atoms with Crippen molar-refractivity contribution in [2.24, 2.45) is 0 Å². The van der Waals surface area contributed by atoms with Gasteiger partial charge in [0, 0.05) is 40.3 Å². The van der Waals surface area contributed by atoms with Crippen molar-refractivity contribution >= 4 is 52.0 Å². The average Bonchev–Trinajstić information content (AvgIpc) is 3.02. The molecule has 9 nitrogen and oxygen atoms in total. The van der Waals surface area contributed by atoms with Crippen LogP contribution in [-0.2, 0) is 11.3 Å². The van der Waals surface area contributed by atoms with Gasteiger partial charge in [-0.15, -0.1) is 0 Å². The molecule has 0 saturated heterocycles. The summed E-state index contributed by atoms with van der Waals surface area (Å²) in [4.78, 5) is 43.0. The Morgan fingerprint density at radius 1 is 0.935 bits per heavy atom. The Bertz CT molecular complexity index is 1840. The monoisotopic (exact) mass is 634 g/mol. The van der Waals surface area contributed by atoms with Crippen LogP contribution in [0.3, 0.4) is 0 Å². The van der Waals surface area contributed by atoms with E-state index in [4.69, 9.17) is 9.72 Å². The minimum Gasteiger partial charge on any atom is -0.444 e. The zero-order valence-corrected chi connectivity index (χ0v) is 27.7. The second-order valence-corrected chi connectivity index (χ2v) is 13.3. The number of hydrogen-bond donors (Lipinski definition) is 2. The normalized spacial score (nSPS) is 11.4. The number of anilines is 3. The van der Waals surface area contributed by atoms with Crippen molar-refractivity contribution in [2.75, 3.05) is 17.7 Å². The summed E-state index contributed by atoms with van der Waals surface area (Å²) < 4.78 is 5.36. The van der Waals surface area contributed by atoms with Crippen molar-refractivity contribution in [3.8, 4) is 0 Å². The van der Waals surface area contributed by atoms with Gasteiger partial charge in [0.1, 0.15) is 17.7 Å². The second-order valence-electron chi connectivity index (χ2n) is 12.2. The Hall–Kier alpha value is -4.96. The SMILES string of the molecule is CC(C)c1ccc2c(Nc3cc(C(=O)N(C)Cc4ccccc4)ccc3Sc3ccc(NC(=O)OC(C)(C)C)cc3)ncnc2n1. The third-order valence-electron chi connectivity index (χ3n) is 6.93. The summed E-state index contributed by atoms with van der Waals surface area (Å²) in [5, 5.41) is 7.01. The number of rotatable bonds is 9. The lowest BCUT2D eigenvalue weighted by Gasteiger charge is -2.20. The summed E-state index contributed by atoms with van der Waals surface area (Å²) in [6, 6.07) is 27.0. The van der Waals surface area contributed by atoms with Crippen molar-refractivity contribution in [1.82, 2.24) is 19.9 Å². The number of carbonyl (C=O) groups excluding carboxylic acids is 2. The molecule has 0 atom stereocenters. The summed E-state index contributed by atoms with van der Waals surface area (Å²) in [5.74, 6) is 0.755. The highest BCUT2D eigenvalue weighted by Gasteiger charge is 2.18. The van der Waals surface area contributed by atoms with Crippen LogP contribution in [-0.4, -0.2) is 44.5 Å². The number of amides is 2. The lowest BCUT2D eigenvalue weighted by atomic mass is 10.1. The van der Waals surface area contributed by atoms with E-state index in [0.29, 0.717) is 34.9 Å². The van der Waals surface area contributed by atoms with Crippen molar-refractivity contribution in [2.45, 2.75) is 62.5 Å². The van der Waals surface area contributed by atoms with Crippen LogP contribution in [0.25, 0.3) is 11.0 Å². The number of ether oxygens (including phenoxy) is 1. The number of hydrogen-bond acceptors (Lipinski definition) is 8. The molecule has 0 aliphatic heterocycles. The number of aromatic nitrogens is 3. The maximum Gasteiger partial charge on any atom is 0.412 e. The van der Waals surface area contributed by atoms with Gasteiger partial charge in [-0.25, -0.2) is 19.7 Å². The molecule has 2 N–H and O–H groups in total. The van der Waals surface area contributed by atoms with Gasteiger partial charge >= 0.3 is 6.09 Å². The van der Waals surface area contributed by atoms with Gasteiger partial charge in [0.15, 0.2) is 5.65 Å². The molecule has 46 heavy (non-hydrogen) atoms. The summed E-state index contributed by atoms with van der Waals surface area (Å²) in [6.07, 6.45) is 0.983. The molecule has 2 amide bonds. The zero-order chi connectivity index (χ0) is 32.8. The molecule has 2 heterocycles. The largest absolute Gasteiger partial charge is 0.444 e. The summed E-state index contributed by atoms with van der Waals surface area (Å²) in [7, 11) is 1.80. The maximum atomic E-state index is 13.6. The molecule has 0 aliphatic carbocycles. The lowest BCUT2D eigenvalue weighted by molar-refractivity contribution is 0.0635. The molecule has 0 fully saturated rings. The first kappa shape index (κ1) is 32.4. The number of carbonyl (C=O) groups is 2. The van der Waals surface area contributed by atoms with Gasteiger partial charge in [-0.1, -0.05) is 55.9 Å². The van der Waals surface area contributed by atoms with Crippen LogP contribution in [0, 0.1) is 0 Å². The molecule has 0 radical (unpaired) electrons. The molecule has 0 saturated carbocycles. The van der Waals surface area contributed by atoms with E-state index in [0.717, 1.165) is 26.4 Å². The van der Waals surface area contributed by atoms with Crippen molar-refractivity contribution in [3.63, 3.8) is 0 Å². The third kappa shape index (κ3) is 8.39. The number of pyridine rings is 1. The van der Waals surface area contributed by atoms with Crippen molar-refractivity contribution in [1.29, 1.82) is 0 Å². The number of fused-ring (bicyclic) bond motifs is 1. The molecule has 3 aromatic carbocycles. The quantitative estimate of drug-likeness (QED) is 0.166. The van der Waals surface area contributed by atoms with Crippen LogP contribution in [0.5, 0.6) is 0 Å². The first-order valence-electron chi connectivity index (χ1n) is 15.1. The summed E-state index contributed by atoms with van der Waals surface area (Å²) >= 11 is 1.52. The molecule has 0 bridgehead atoms. The van der Waals surface area contributed by atoms with Gasteiger partial charge in [0.2, 0.25) is 0 Å². The van der Waals surface area contributed by atoms with E-state index in [9.17, 15) is 9.59 Å². The van der Waals surface area contributed by atoms with E-state index >= 15 is 0 Å². The van der Waals surface area contributed by atoms with E-state index in [1.54, 1.807) is 11.9 Å². The van der Waals surface area contributed by atoms with Crippen LogP contribution in [0.2, 0.25) is 0 Å². The standard InChI is InChI=1S/C36H38N6O3S/c1-23(2)29-18-17-28-32(40-29)37-22-38-33(28)41-30-20-25(34(43)42(6)21-24-10-8-7-9-11-24)12-19-31(30)46-27-15-13-26(14-16-27)39-35(44)45-36(3,4)5/h7-20,22-23H,21H2,1-6H3,(H,39,44)(H,37,38,40,41). The molecular formula is C36H38N6O3S. The molecule has 2 aromatic heterocycles. The Balaban J connectivity index is 1.44. The van der Waals surface area contributed by atoms with Gasteiger partial charge < -0.3 is 15.0 Å². The van der Waals surface area contributed by atoms with Crippen LogP contribution < -0.4 is 10.6 Å². The Kier molecular flexibility index (Phi) is 9.87. The molecule has 5 aromatic rings. The molecule has 0 spiro atoms. The average molecular weight is 635 g/mol. The molecule has 5 rings (SSSR count). The minimum absolute atomic E-state index is 0.100. The van der Waals surface area contributed by atoms with Gasteiger partial charge in [-0.3, -0.25) is 10.1 Å². The number of nitrogens with zero attached hydrogens (tertiary/aromatic N) is 4. The van der Waals surface area contributed by atoms with E-state index < -0.39 is 11.7 Å². The first-order valence-corrected chi connectivity index (χ1v) is 15.9. The first-order chi connectivity index (χ1) is 21.9. The predicted molar refractivity (Wildman–Crippen MR) is 184 cm³/mol. The van der Waals surface area contributed by atoms with E-state index in [1.807, 2.05) is 106 Å². The predicted octanol–water partition coefficient (Wildman–Crippen LogP) is 8.66. The van der Waals surface area contributed by atoms with Crippen LogP contribution >= 0.6 is 11.8 Å². The number of benzene rings is 3. The van der Waals surface area contributed by atoms with Crippen molar-refractivity contribution < 1.29 is 14.3 Å². The second kappa shape index (κ2) is 14.0. The lowest BCUT2D eigenvalue weighted by Crippen LogP contribution is -2.27. The number of nitrogens with one attached hydrogen (secondary N) is 2. The highest BCUT2D eigenvalue weighted by molar-refractivity contribution is 7.99. The molecular weight excluding hydrogens is 597 g/mol. The highest BCUT2D eigenvalue weighted by Crippen LogP contribution is 2.37. The van der Waals surface area contributed by atoms with E-state index in [1.165, 1.54) is 18.1 Å². The van der Waals surface area contributed by atoms with Crippen LogP contribution in [0.1, 0.15) is 62.2 Å². The Morgan fingerprint density at radius 3 is 2.37 bits per heavy atom. The smallest absolute Gasteiger partial charge is 0.412 e. The Morgan fingerprint density at radius 2 is 1.67 bits per heavy atom. The fourth-order valence-electron chi connectivity index (χ4n) is 4.66. The minimum atomic E-state index is -0.588. The molecule has 10 heteroatoms. The van der Waals surface area contributed by atoms with E-state index in [2.05, 4.69) is 34.4 Å². The Labute approximate surface area is 273 Å². The zero-order valence-electron chi connectivity index (χ0n) is 26.9. The van der Waals surface area contributed by atoms with Crippen molar-refractivity contribution in [3.05, 3.63) is 108 Å². The van der Waals surface area contributed by atoms with Crippen LogP contribution in [0.4, 0.5) is 22.0 Å². The van der Waals surface area contributed by atoms with Gasteiger partial charge in [0.05, 0.1) is 11.1 Å². The fourth-order valence-corrected chi connectivity index (χ4v) is 5.54. The topological polar surface area (TPSA) is 109 Å². The third-order valence-corrected chi connectivity index (χ3v) is 8.01. The van der Waals surface area contributed by atoms with Gasteiger partial charge in [-0.2, -0.15) is 0 Å². The fraction of sp³-hybridized carbons (Fsp3) is 0.250. The van der Waals surface area contributed by atoms with Gasteiger partial charge in [-0.05, 0) is 86.8 Å².